The Balaban J connectivity index is 3.61. The number of para-hydroxylation sites is 1. The molecule has 1 aromatic rings. The van der Waals surface area contributed by atoms with Gasteiger partial charge in [0.1, 0.15) is 30.0 Å². The highest BCUT2D eigenvalue weighted by molar-refractivity contribution is 5.94. The van der Waals surface area contributed by atoms with Gasteiger partial charge in [-0.1, -0.05) is 45.9 Å². The second-order valence-electron chi connectivity index (χ2n) is 11.2. The molecular formula is C28H45N3O7. The molecule has 1 rings (SSSR count). The quantitative estimate of drug-likeness (QED) is 0.345. The van der Waals surface area contributed by atoms with Crippen LogP contribution < -0.4 is 10.6 Å². The maximum Gasteiger partial charge on any atom is 0.408 e. The fourth-order valence-corrected chi connectivity index (χ4v) is 3.89. The molecule has 38 heavy (non-hydrogen) atoms. The number of aromatic hydroxyl groups is 1. The summed E-state index contributed by atoms with van der Waals surface area (Å²) >= 11 is 0. The molecule has 10 nitrogen and oxygen atoms in total. The molecule has 1 aromatic carbocycles. The predicted octanol–water partition coefficient (Wildman–Crippen LogP) is 3.93. The number of hydrogen-bond acceptors (Lipinski definition) is 7. The van der Waals surface area contributed by atoms with Crippen LogP contribution in [0.25, 0.3) is 0 Å². The number of alkyl carbamates (subject to hydrolysis) is 1. The van der Waals surface area contributed by atoms with Crippen molar-refractivity contribution < 1.29 is 33.8 Å². The number of carbonyl (C=O) groups excluding carboxylic acids is 4. The number of phenols is 1. The van der Waals surface area contributed by atoms with Gasteiger partial charge in [-0.3, -0.25) is 14.4 Å². The van der Waals surface area contributed by atoms with Crippen LogP contribution in [0, 0.1) is 11.8 Å². The Labute approximate surface area is 226 Å². The molecule has 214 valence electrons. The van der Waals surface area contributed by atoms with Crippen molar-refractivity contribution in [3.05, 3.63) is 29.8 Å². The average molecular weight is 536 g/mol. The Kier molecular flexibility index (Phi) is 12.6. The Hall–Kier alpha value is -3.30. The maximum atomic E-state index is 14.2. The third-order valence-electron chi connectivity index (χ3n) is 5.89. The van der Waals surface area contributed by atoms with E-state index in [1.54, 1.807) is 52.8 Å². The largest absolute Gasteiger partial charge is 0.508 e. The van der Waals surface area contributed by atoms with E-state index in [1.165, 1.54) is 18.1 Å². The summed E-state index contributed by atoms with van der Waals surface area (Å²) in [7, 11) is 1.20. The Morgan fingerprint density at radius 1 is 1.00 bits per heavy atom. The highest BCUT2D eigenvalue weighted by atomic mass is 16.6. The molecule has 0 aliphatic heterocycles. The lowest BCUT2D eigenvalue weighted by Gasteiger charge is -2.39. The van der Waals surface area contributed by atoms with Crippen molar-refractivity contribution >= 4 is 23.9 Å². The highest BCUT2D eigenvalue weighted by Crippen LogP contribution is 2.33. The molecule has 0 radical (unpaired) electrons. The average Bonchev–Trinajstić information content (AvgIpc) is 2.81. The molecular weight excluding hydrogens is 490 g/mol. The summed E-state index contributed by atoms with van der Waals surface area (Å²) in [5.74, 6) is -2.03. The van der Waals surface area contributed by atoms with Crippen molar-refractivity contribution in [2.45, 2.75) is 92.0 Å². The number of benzene rings is 1. The smallest absolute Gasteiger partial charge is 0.408 e. The molecule has 0 aliphatic rings. The van der Waals surface area contributed by atoms with Crippen LogP contribution in [0.2, 0.25) is 0 Å². The summed E-state index contributed by atoms with van der Waals surface area (Å²) in [6.07, 6.45) is 0.580. The Bertz CT molecular complexity index is 956. The Morgan fingerprint density at radius 2 is 1.61 bits per heavy atom. The minimum Gasteiger partial charge on any atom is -0.508 e. The van der Waals surface area contributed by atoms with Crippen LogP contribution in [0.4, 0.5) is 4.79 Å². The maximum absolute atomic E-state index is 14.2. The summed E-state index contributed by atoms with van der Waals surface area (Å²) in [6.45, 7) is 14.3. The number of nitrogens with one attached hydrogen (secondary N) is 2. The van der Waals surface area contributed by atoms with Gasteiger partial charge < -0.3 is 30.1 Å². The number of methoxy groups -OCH3 is 1. The van der Waals surface area contributed by atoms with Crippen molar-refractivity contribution in [2.75, 3.05) is 13.7 Å². The van der Waals surface area contributed by atoms with E-state index in [0.717, 1.165) is 6.42 Å². The zero-order valence-corrected chi connectivity index (χ0v) is 24.2. The van der Waals surface area contributed by atoms with Gasteiger partial charge in [0, 0.05) is 11.6 Å². The van der Waals surface area contributed by atoms with Crippen LogP contribution in [-0.2, 0) is 23.9 Å². The predicted molar refractivity (Wildman–Crippen MR) is 144 cm³/mol. The zero-order valence-electron chi connectivity index (χ0n) is 24.2. The molecule has 0 aromatic heterocycles. The topological polar surface area (TPSA) is 134 Å². The van der Waals surface area contributed by atoms with E-state index in [4.69, 9.17) is 4.74 Å². The second-order valence-corrected chi connectivity index (χ2v) is 11.2. The van der Waals surface area contributed by atoms with E-state index < -0.39 is 54.1 Å². The monoisotopic (exact) mass is 535 g/mol. The Morgan fingerprint density at radius 3 is 2.11 bits per heavy atom. The summed E-state index contributed by atoms with van der Waals surface area (Å²) in [5, 5.41) is 15.9. The number of esters is 1. The van der Waals surface area contributed by atoms with Crippen LogP contribution in [0.3, 0.4) is 0 Å². The lowest BCUT2D eigenvalue weighted by Crippen LogP contribution is -2.57. The first-order valence-electron chi connectivity index (χ1n) is 13.0. The van der Waals surface area contributed by atoms with Crippen LogP contribution in [-0.4, -0.2) is 65.2 Å². The summed E-state index contributed by atoms with van der Waals surface area (Å²) in [5.41, 5.74) is -0.579. The molecule has 0 aliphatic carbocycles. The van der Waals surface area contributed by atoms with Crippen LogP contribution in [0.15, 0.2) is 24.3 Å². The summed E-state index contributed by atoms with van der Waals surface area (Å²) in [6, 6.07) is 3.48. The van der Waals surface area contributed by atoms with Crippen LogP contribution in [0.5, 0.6) is 5.75 Å². The number of nitrogens with zero attached hydrogens (tertiary/aromatic N) is 1. The van der Waals surface area contributed by atoms with Gasteiger partial charge in [-0.05, 0) is 58.4 Å². The van der Waals surface area contributed by atoms with E-state index in [0.29, 0.717) is 12.3 Å². The van der Waals surface area contributed by atoms with Crippen molar-refractivity contribution in [3.8, 4) is 5.75 Å². The van der Waals surface area contributed by atoms with E-state index in [1.807, 2.05) is 6.92 Å². The summed E-state index contributed by atoms with van der Waals surface area (Å²) < 4.78 is 10.0. The number of phenolic OH excluding ortho intramolecular Hbond substituents is 1. The molecule has 0 saturated carbocycles. The molecule has 0 spiro atoms. The number of amides is 3. The van der Waals surface area contributed by atoms with E-state index in [-0.39, 0.29) is 17.2 Å². The molecule has 10 heteroatoms. The molecule has 3 unspecified atom stereocenters. The normalized spacial score (nSPS) is 13.9. The zero-order chi connectivity index (χ0) is 29.2. The van der Waals surface area contributed by atoms with E-state index >= 15 is 0 Å². The number of ether oxygens (including phenoxy) is 2. The van der Waals surface area contributed by atoms with Crippen LogP contribution in [0.1, 0.15) is 79.8 Å². The lowest BCUT2D eigenvalue weighted by molar-refractivity contribution is -0.147. The van der Waals surface area contributed by atoms with Gasteiger partial charge in [0.05, 0.1) is 7.11 Å². The number of carbonyl (C=O) groups is 4. The SMILES string of the molecule is COC(=O)CNC(=O)C(c1ccccc1O)N(C(=O)C(NC(=O)OC(C)(C)C)C(C)C)C(C)CCC(C)C. The highest BCUT2D eigenvalue weighted by Gasteiger charge is 2.40. The van der Waals surface area contributed by atoms with Gasteiger partial charge in [0.25, 0.3) is 0 Å². The van der Waals surface area contributed by atoms with Crippen molar-refractivity contribution in [3.63, 3.8) is 0 Å². The van der Waals surface area contributed by atoms with Gasteiger partial charge in [-0.15, -0.1) is 0 Å². The van der Waals surface area contributed by atoms with Crippen molar-refractivity contribution in [1.82, 2.24) is 15.5 Å². The first-order valence-corrected chi connectivity index (χ1v) is 13.0. The van der Waals surface area contributed by atoms with Gasteiger partial charge >= 0.3 is 12.1 Å². The third kappa shape index (κ3) is 10.2. The van der Waals surface area contributed by atoms with Gasteiger partial charge in [-0.25, -0.2) is 4.79 Å². The molecule has 0 bridgehead atoms. The minimum absolute atomic E-state index is 0.180. The van der Waals surface area contributed by atoms with Crippen LogP contribution >= 0.6 is 0 Å². The number of hydrogen-bond donors (Lipinski definition) is 3. The lowest BCUT2D eigenvalue weighted by atomic mass is 9.94. The van der Waals surface area contributed by atoms with Crippen molar-refractivity contribution in [2.24, 2.45) is 11.8 Å². The fraction of sp³-hybridized carbons (Fsp3) is 0.643. The molecule has 3 amide bonds. The molecule has 3 atom stereocenters. The standard InChI is InChI=1S/C28H45N3O7/c1-17(2)14-15-19(5)31(26(35)23(18(3)4)30-27(36)38-28(6,7)8)24(20-12-10-11-13-21(20)32)25(34)29-16-22(33)37-9/h10-13,17-19,23-24,32H,14-16H2,1-9H3,(H,29,34)(H,30,36). The van der Waals surface area contributed by atoms with E-state index in [9.17, 15) is 24.3 Å². The first kappa shape index (κ1) is 32.7. The van der Waals surface area contributed by atoms with Gasteiger partial charge in [0.2, 0.25) is 11.8 Å². The molecule has 0 saturated heterocycles. The molecule has 3 N–H and O–H groups in total. The third-order valence-corrected chi connectivity index (χ3v) is 5.89. The summed E-state index contributed by atoms with van der Waals surface area (Å²) in [4.78, 5) is 53.6. The van der Waals surface area contributed by atoms with E-state index in [2.05, 4.69) is 29.2 Å². The fourth-order valence-electron chi connectivity index (χ4n) is 3.89. The molecule has 0 heterocycles. The van der Waals surface area contributed by atoms with Gasteiger partial charge in [-0.2, -0.15) is 0 Å². The number of rotatable bonds is 12. The van der Waals surface area contributed by atoms with Crippen molar-refractivity contribution in [1.29, 1.82) is 0 Å². The second kappa shape index (κ2) is 14.6. The minimum atomic E-state index is -1.28. The van der Waals surface area contributed by atoms with Gasteiger partial charge in [0.15, 0.2) is 0 Å². The first-order chi connectivity index (χ1) is 17.6. The molecule has 0 fully saturated rings.